The van der Waals surface area contributed by atoms with Crippen molar-refractivity contribution in [1.82, 2.24) is 4.31 Å². The van der Waals surface area contributed by atoms with Crippen LogP contribution in [0.3, 0.4) is 0 Å². The molecule has 0 radical (unpaired) electrons. The minimum absolute atomic E-state index is 0.167. The predicted octanol–water partition coefficient (Wildman–Crippen LogP) is 3.74. The number of rotatable bonds is 7. The summed E-state index contributed by atoms with van der Waals surface area (Å²) in [6.45, 7) is 2.62. The van der Waals surface area contributed by atoms with Crippen LogP contribution in [-0.4, -0.2) is 39.3 Å². The fourth-order valence-corrected chi connectivity index (χ4v) is 3.49. The number of amides is 1. The predicted molar refractivity (Wildman–Crippen MR) is 105 cm³/mol. The Balaban J connectivity index is 2.11. The van der Waals surface area contributed by atoms with Gasteiger partial charge >= 0.3 is 0 Å². The summed E-state index contributed by atoms with van der Waals surface area (Å²) in [4.78, 5) is 12.5. The molecule has 0 fully saturated rings. The number of nitrogens with one attached hydrogen (secondary N) is 1. The molecule has 0 unspecified atom stereocenters. The molecule has 0 saturated heterocycles. The molecule has 2 aromatic rings. The third-order valence-corrected chi connectivity index (χ3v) is 6.00. The van der Waals surface area contributed by atoms with Crippen LogP contribution in [0.2, 0.25) is 0 Å². The first-order valence-corrected chi connectivity index (χ1v) is 10.2. The molecule has 0 atom stereocenters. The molecular weight excluding hydrogens is 420 g/mol. The van der Waals surface area contributed by atoms with E-state index in [9.17, 15) is 13.2 Å². The summed E-state index contributed by atoms with van der Waals surface area (Å²) in [6, 6.07) is 11.1. The molecule has 140 valence electrons. The van der Waals surface area contributed by atoms with Crippen LogP contribution >= 0.6 is 15.9 Å². The molecule has 0 saturated carbocycles. The van der Waals surface area contributed by atoms with Gasteiger partial charge in [0.1, 0.15) is 5.75 Å². The number of nitrogens with zero attached hydrogens (tertiary/aromatic N) is 1. The van der Waals surface area contributed by atoms with Gasteiger partial charge in [-0.25, -0.2) is 12.7 Å². The van der Waals surface area contributed by atoms with Gasteiger partial charge in [-0.2, -0.15) is 0 Å². The Morgan fingerprint density at radius 2 is 1.81 bits per heavy atom. The first kappa shape index (κ1) is 20.4. The van der Waals surface area contributed by atoms with Crippen LogP contribution in [-0.2, 0) is 10.0 Å². The lowest BCUT2D eigenvalue weighted by atomic mass is 10.2. The number of hydrogen-bond acceptors (Lipinski definition) is 4. The van der Waals surface area contributed by atoms with Gasteiger partial charge in [-0.05, 0) is 64.8 Å². The highest BCUT2D eigenvalue weighted by atomic mass is 79.9. The standard InChI is InChI=1S/C18H21BrN2O4S/c1-4-11-25-17-10-5-13(12-16(17)19)18(22)20-14-6-8-15(9-7-14)26(23,24)21(2)3/h5-10,12H,4,11H2,1-3H3,(H,20,22). The molecule has 0 aliphatic heterocycles. The second-order valence-corrected chi connectivity index (χ2v) is 8.77. The third kappa shape index (κ3) is 4.84. The molecule has 0 aliphatic rings. The normalized spacial score (nSPS) is 11.4. The van der Waals surface area contributed by atoms with E-state index in [2.05, 4.69) is 21.2 Å². The zero-order valence-corrected chi connectivity index (χ0v) is 17.2. The molecule has 0 spiro atoms. The van der Waals surface area contributed by atoms with E-state index in [1.807, 2.05) is 6.92 Å². The number of ether oxygens (including phenoxy) is 1. The molecule has 26 heavy (non-hydrogen) atoms. The Morgan fingerprint density at radius 3 is 2.35 bits per heavy atom. The largest absolute Gasteiger partial charge is 0.492 e. The lowest BCUT2D eigenvalue weighted by Crippen LogP contribution is -2.22. The van der Waals surface area contributed by atoms with E-state index in [1.54, 1.807) is 30.3 Å². The molecule has 1 N–H and O–H groups in total. The lowest BCUT2D eigenvalue weighted by molar-refractivity contribution is 0.102. The molecule has 1 amide bonds. The maximum Gasteiger partial charge on any atom is 0.255 e. The summed E-state index contributed by atoms with van der Waals surface area (Å²) in [7, 11) is -0.554. The number of halogens is 1. The van der Waals surface area contributed by atoms with Crippen molar-refractivity contribution < 1.29 is 17.9 Å². The van der Waals surface area contributed by atoms with Crippen molar-refractivity contribution in [2.45, 2.75) is 18.2 Å². The SMILES string of the molecule is CCCOc1ccc(C(=O)Nc2ccc(S(=O)(=O)N(C)C)cc2)cc1Br. The Labute approximate surface area is 162 Å². The fourth-order valence-electron chi connectivity index (χ4n) is 2.10. The van der Waals surface area contributed by atoms with Crippen LogP contribution in [0.25, 0.3) is 0 Å². The van der Waals surface area contributed by atoms with Crippen LogP contribution in [0.5, 0.6) is 5.75 Å². The van der Waals surface area contributed by atoms with E-state index in [-0.39, 0.29) is 10.8 Å². The smallest absolute Gasteiger partial charge is 0.255 e. The van der Waals surface area contributed by atoms with Gasteiger partial charge in [-0.1, -0.05) is 6.92 Å². The molecular formula is C18H21BrN2O4S. The number of benzene rings is 2. The molecule has 0 aliphatic carbocycles. The minimum Gasteiger partial charge on any atom is -0.492 e. The molecule has 0 bridgehead atoms. The number of hydrogen-bond donors (Lipinski definition) is 1. The van der Waals surface area contributed by atoms with Crippen molar-refractivity contribution in [3.8, 4) is 5.75 Å². The first-order valence-electron chi connectivity index (χ1n) is 8.02. The second-order valence-electron chi connectivity index (χ2n) is 5.76. The van der Waals surface area contributed by atoms with Crippen molar-refractivity contribution in [1.29, 1.82) is 0 Å². The van der Waals surface area contributed by atoms with Gasteiger partial charge in [-0.3, -0.25) is 4.79 Å². The van der Waals surface area contributed by atoms with E-state index >= 15 is 0 Å². The summed E-state index contributed by atoms with van der Waals surface area (Å²) in [5.41, 5.74) is 0.973. The van der Waals surface area contributed by atoms with Gasteiger partial charge in [-0.15, -0.1) is 0 Å². The van der Waals surface area contributed by atoms with Crippen molar-refractivity contribution in [3.63, 3.8) is 0 Å². The highest BCUT2D eigenvalue weighted by Gasteiger charge is 2.17. The number of sulfonamides is 1. The second kappa shape index (κ2) is 8.66. The van der Waals surface area contributed by atoms with Gasteiger partial charge in [0, 0.05) is 25.3 Å². The molecule has 6 nitrogen and oxygen atoms in total. The lowest BCUT2D eigenvalue weighted by Gasteiger charge is -2.12. The van der Waals surface area contributed by atoms with Crippen molar-refractivity contribution in [2.75, 3.05) is 26.0 Å². The zero-order valence-electron chi connectivity index (χ0n) is 14.8. The molecule has 2 aromatic carbocycles. The summed E-state index contributed by atoms with van der Waals surface area (Å²) in [5.74, 6) is 0.387. The molecule has 2 rings (SSSR count). The number of carbonyl (C=O) groups is 1. The highest BCUT2D eigenvalue weighted by molar-refractivity contribution is 9.10. The van der Waals surface area contributed by atoms with Crippen LogP contribution < -0.4 is 10.1 Å². The molecule has 8 heteroatoms. The van der Waals surface area contributed by atoms with Crippen molar-refractivity contribution >= 4 is 37.5 Å². The minimum atomic E-state index is -3.49. The van der Waals surface area contributed by atoms with Gasteiger partial charge in [0.25, 0.3) is 5.91 Å². The monoisotopic (exact) mass is 440 g/mol. The zero-order chi connectivity index (χ0) is 19.3. The Kier molecular flexibility index (Phi) is 6.80. The van der Waals surface area contributed by atoms with Crippen molar-refractivity contribution in [2.24, 2.45) is 0 Å². The fraction of sp³-hybridized carbons (Fsp3) is 0.278. The maximum atomic E-state index is 12.4. The molecule has 0 heterocycles. The summed E-state index contributed by atoms with van der Waals surface area (Å²) >= 11 is 3.40. The van der Waals surface area contributed by atoms with Crippen LogP contribution in [0, 0.1) is 0 Å². The maximum absolute atomic E-state index is 12.4. The van der Waals surface area contributed by atoms with Gasteiger partial charge in [0.15, 0.2) is 0 Å². The van der Waals surface area contributed by atoms with Gasteiger partial charge in [0.2, 0.25) is 10.0 Å². The van der Waals surface area contributed by atoms with E-state index in [1.165, 1.54) is 26.2 Å². The summed E-state index contributed by atoms with van der Waals surface area (Å²) in [5, 5.41) is 2.75. The average molecular weight is 441 g/mol. The van der Waals surface area contributed by atoms with Gasteiger partial charge in [0.05, 0.1) is 16.0 Å². The van der Waals surface area contributed by atoms with Crippen LogP contribution in [0.4, 0.5) is 5.69 Å². The highest BCUT2D eigenvalue weighted by Crippen LogP contribution is 2.26. The Bertz CT molecular complexity index is 881. The quantitative estimate of drug-likeness (QED) is 0.711. The van der Waals surface area contributed by atoms with Crippen LogP contribution in [0.15, 0.2) is 51.8 Å². The Hall–Kier alpha value is -1.90. The van der Waals surface area contributed by atoms with E-state index < -0.39 is 10.0 Å². The van der Waals surface area contributed by atoms with E-state index in [0.29, 0.717) is 28.1 Å². The summed E-state index contributed by atoms with van der Waals surface area (Å²) in [6.07, 6.45) is 0.897. The van der Waals surface area contributed by atoms with Crippen LogP contribution in [0.1, 0.15) is 23.7 Å². The number of anilines is 1. The molecule has 0 aromatic heterocycles. The Morgan fingerprint density at radius 1 is 1.15 bits per heavy atom. The van der Waals surface area contributed by atoms with Crippen molar-refractivity contribution in [3.05, 3.63) is 52.5 Å². The first-order chi connectivity index (χ1) is 12.3. The number of carbonyl (C=O) groups excluding carboxylic acids is 1. The van der Waals surface area contributed by atoms with E-state index in [0.717, 1.165) is 10.7 Å². The van der Waals surface area contributed by atoms with Gasteiger partial charge < -0.3 is 10.1 Å². The topological polar surface area (TPSA) is 75.7 Å². The average Bonchev–Trinajstić information content (AvgIpc) is 2.61. The van der Waals surface area contributed by atoms with E-state index in [4.69, 9.17) is 4.74 Å². The summed E-state index contributed by atoms with van der Waals surface area (Å²) < 4.78 is 31.5. The third-order valence-electron chi connectivity index (χ3n) is 3.55.